The lowest BCUT2D eigenvalue weighted by Gasteiger charge is -2.13. The van der Waals surface area contributed by atoms with E-state index in [0.29, 0.717) is 6.04 Å². The Morgan fingerprint density at radius 1 is 1.33 bits per heavy atom. The first kappa shape index (κ1) is 14.6. The second-order valence-electron chi connectivity index (χ2n) is 4.12. The standard InChI is InChI=1S/C14H19F2NO/c1-4-17-11(3)10(2)9-12-5-7-13(8-6-12)18-14(15)16/h5-9,11,14,17H,4H2,1-3H3/b10-9+. The van der Waals surface area contributed by atoms with Gasteiger partial charge in [0.2, 0.25) is 0 Å². The minimum Gasteiger partial charge on any atom is -0.435 e. The number of benzene rings is 1. The Hall–Kier alpha value is -1.42. The molecule has 0 spiro atoms. The zero-order chi connectivity index (χ0) is 13.5. The predicted molar refractivity (Wildman–Crippen MR) is 69.9 cm³/mol. The van der Waals surface area contributed by atoms with Crippen LogP contribution in [0, 0.1) is 0 Å². The van der Waals surface area contributed by atoms with Crippen LogP contribution in [-0.2, 0) is 0 Å². The molecular formula is C14H19F2NO. The fourth-order valence-electron chi connectivity index (χ4n) is 1.60. The fourth-order valence-corrected chi connectivity index (χ4v) is 1.60. The molecule has 0 aliphatic heterocycles. The summed E-state index contributed by atoms with van der Waals surface area (Å²) in [4.78, 5) is 0. The molecule has 1 aromatic rings. The summed E-state index contributed by atoms with van der Waals surface area (Å²) >= 11 is 0. The molecule has 0 heterocycles. The van der Waals surface area contributed by atoms with Gasteiger partial charge in [0.05, 0.1) is 0 Å². The minimum atomic E-state index is -2.78. The van der Waals surface area contributed by atoms with Crippen LogP contribution in [0.1, 0.15) is 26.3 Å². The van der Waals surface area contributed by atoms with Gasteiger partial charge in [0, 0.05) is 6.04 Å². The van der Waals surface area contributed by atoms with Crippen molar-refractivity contribution in [1.29, 1.82) is 0 Å². The van der Waals surface area contributed by atoms with Crippen molar-refractivity contribution >= 4 is 6.08 Å². The van der Waals surface area contributed by atoms with Crippen molar-refractivity contribution in [2.75, 3.05) is 6.54 Å². The van der Waals surface area contributed by atoms with Gasteiger partial charge in [-0.3, -0.25) is 0 Å². The van der Waals surface area contributed by atoms with Crippen LogP contribution < -0.4 is 10.1 Å². The monoisotopic (exact) mass is 255 g/mol. The molecule has 1 N–H and O–H groups in total. The van der Waals surface area contributed by atoms with E-state index in [0.717, 1.165) is 12.1 Å². The van der Waals surface area contributed by atoms with E-state index in [-0.39, 0.29) is 5.75 Å². The van der Waals surface area contributed by atoms with Crippen LogP contribution >= 0.6 is 0 Å². The molecule has 0 aliphatic carbocycles. The lowest BCUT2D eigenvalue weighted by molar-refractivity contribution is -0.0498. The van der Waals surface area contributed by atoms with Crippen molar-refractivity contribution in [1.82, 2.24) is 5.32 Å². The molecule has 2 nitrogen and oxygen atoms in total. The molecular weight excluding hydrogens is 236 g/mol. The molecule has 100 valence electrons. The quantitative estimate of drug-likeness (QED) is 0.837. The van der Waals surface area contributed by atoms with Gasteiger partial charge in [-0.25, -0.2) is 0 Å². The van der Waals surface area contributed by atoms with Gasteiger partial charge in [-0.2, -0.15) is 8.78 Å². The lowest BCUT2D eigenvalue weighted by atomic mass is 10.1. The number of ether oxygens (including phenoxy) is 1. The topological polar surface area (TPSA) is 21.3 Å². The molecule has 0 saturated heterocycles. The first-order valence-electron chi connectivity index (χ1n) is 5.99. The molecule has 0 aromatic heterocycles. The van der Waals surface area contributed by atoms with Crippen molar-refractivity contribution in [3.8, 4) is 5.75 Å². The molecule has 0 bridgehead atoms. The van der Waals surface area contributed by atoms with Crippen LogP contribution in [0.3, 0.4) is 0 Å². The highest BCUT2D eigenvalue weighted by molar-refractivity contribution is 5.54. The highest BCUT2D eigenvalue weighted by atomic mass is 19.3. The average Bonchev–Trinajstić information content (AvgIpc) is 2.31. The summed E-state index contributed by atoms with van der Waals surface area (Å²) in [5.74, 6) is 0.180. The molecule has 0 amide bonds. The molecule has 0 radical (unpaired) electrons. The van der Waals surface area contributed by atoms with Crippen LogP contribution in [0.15, 0.2) is 29.8 Å². The van der Waals surface area contributed by atoms with Gasteiger partial charge >= 0.3 is 6.61 Å². The Bertz CT molecular complexity index is 387. The molecule has 0 fully saturated rings. The van der Waals surface area contributed by atoms with Gasteiger partial charge in [0.1, 0.15) is 5.75 Å². The van der Waals surface area contributed by atoms with Crippen molar-refractivity contribution in [3.05, 3.63) is 35.4 Å². The molecule has 1 unspecified atom stereocenters. The Balaban J connectivity index is 2.70. The fraction of sp³-hybridized carbons (Fsp3) is 0.429. The number of halogens is 2. The summed E-state index contributed by atoms with van der Waals surface area (Å²) in [5, 5.41) is 3.31. The molecule has 1 atom stereocenters. The summed E-state index contributed by atoms with van der Waals surface area (Å²) in [6.45, 7) is 4.32. The SMILES string of the molecule is CCNC(C)/C(C)=C/c1ccc(OC(F)F)cc1. The number of rotatable bonds is 6. The molecule has 4 heteroatoms. The zero-order valence-electron chi connectivity index (χ0n) is 10.9. The van der Waals surface area contributed by atoms with Crippen LogP contribution in [0.2, 0.25) is 0 Å². The van der Waals surface area contributed by atoms with Crippen molar-refractivity contribution in [2.45, 2.75) is 33.4 Å². The van der Waals surface area contributed by atoms with Crippen molar-refractivity contribution in [2.24, 2.45) is 0 Å². The maximum atomic E-state index is 12.0. The van der Waals surface area contributed by atoms with E-state index in [1.165, 1.54) is 5.57 Å². The summed E-state index contributed by atoms with van der Waals surface area (Å²) < 4.78 is 28.3. The van der Waals surface area contributed by atoms with E-state index in [1.54, 1.807) is 24.3 Å². The van der Waals surface area contributed by atoms with E-state index < -0.39 is 6.61 Å². The van der Waals surface area contributed by atoms with Crippen LogP contribution in [-0.4, -0.2) is 19.2 Å². The third-order valence-corrected chi connectivity index (χ3v) is 2.69. The highest BCUT2D eigenvalue weighted by Crippen LogP contribution is 2.17. The van der Waals surface area contributed by atoms with E-state index in [4.69, 9.17) is 0 Å². The molecule has 18 heavy (non-hydrogen) atoms. The smallest absolute Gasteiger partial charge is 0.387 e. The first-order valence-corrected chi connectivity index (χ1v) is 5.99. The van der Waals surface area contributed by atoms with Gasteiger partial charge in [0.15, 0.2) is 0 Å². The Morgan fingerprint density at radius 2 is 1.94 bits per heavy atom. The Morgan fingerprint density at radius 3 is 2.44 bits per heavy atom. The molecule has 0 saturated carbocycles. The lowest BCUT2D eigenvalue weighted by Crippen LogP contribution is -2.26. The number of alkyl halides is 2. The number of hydrogen-bond donors (Lipinski definition) is 1. The minimum absolute atomic E-state index is 0.180. The molecule has 1 rings (SSSR count). The summed E-state index contributed by atoms with van der Waals surface area (Å²) in [6, 6.07) is 6.92. The number of nitrogens with one attached hydrogen (secondary N) is 1. The number of likely N-dealkylation sites (N-methyl/N-ethyl adjacent to an activating group) is 1. The zero-order valence-corrected chi connectivity index (χ0v) is 10.9. The van der Waals surface area contributed by atoms with E-state index in [9.17, 15) is 8.78 Å². The molecule has 0 aliphatic rings. The van der Waals surface area contributed by atoms with Gasteiger partial charge in [0.25, 0.3) is 0 Å². The van der Waals surface area contributed by atoms with Gasteiger partial charge in [-0.15, -0.1) is 0 Å². The first-order chi connectivity index (χ1) is 8.52. The van der Waals surface area contributed by atoms with Gasteiger partial charge in [-0.05, 0) is 38.1 Å². The largest absolute Gasteiger partial charge is 0.435 e. The predicted octanol–water partition coefficient (Wildman–Crippen LogP) is 3.69. The van der Waals surface area contributed by atoms with Crippen molar-refractivity contribution < 1.29 is 13.5 Å². The van der Waals surface area contributed by atoms with Gasteiger partial charge in [-0.1, -0.05) is 30.7 Å². The maximum Gasteiger partial charge on any atom is 0.387 e. The number of hydrogen-bond acceptors (Lipinski definition) is 2. The van der Waals surface area contributed by atoms with E-state index in [2.05, 4.69) is 23.9 Å². The second-order valence-corrected chi connectivity index (χ2v) is 4.12. The Labute approximate surface area is 107 Å². The third-order valence-electron chi connectivity index (χ3n) is 2.69. The molecule has 1 aromatic carbocycles. The normalized spacial score (nSPS) is 13.8. The van der Waals surface area contributed by atoms with Crippen molar-refractivity contribution in [3.63, 3.8) is 0 Å². The van der Waals surface area contributed by atoms with Gasteiger partial charge < -0.3 is 10.1 Å². The maximum absolute atomic E-state index is 12.0. The van der Waals surface area contributed by atoms with E-state index in [1.807, 2.05) is 13.0 Å². The van der Waals surface area contributed by atoms with E-state index >= 15 is 0 Å². The summed E-state index contributed by atoms with van der Waals surface area (Å²) in [6.07, 6.45) is 2.03. The van der Waals surface area contributed by atoms with Crippen LogP contribution in [0.4, 0.5) is 8.78 Å². The Kier molecular flexibility index (Phi) is 5.78. The third kappa shape index (κ3) is 4.84. The van der Waals surface area contributed by atoms with Crippen LogP contribution in [0.25, 0.3) is 6.08 Å². The average molecular weight is 255 g/mol. The van der Waals surface area contributed by atoms with Crippen LogP contribution in [0.5, 0.6) is 5.75 Å². The highest BCUT2D eigenvalue weighted by Gasteiger charge is 2.04. The summed E-state index contributed by atoms with van der Waals surface area (Å²) in [7, 11) is 0. The summed E-state index contributed by atoms with van der Waals surface area (Å²) in [5.41, 5.74) is 2.17. The second kappa shape index (κ2) is 7.11.